The molecule has 0 atom stereocenters. The molecule has 0 N–H and O–H groups in total. The summed E-state index contributed by atoms with van der Waals surface area (Å²) in [5, 5.41) is 0. The van der Waals surface area contributed by atoms with E-state index in [4.69, 9.17) is 4.98 Å². The van der Waals surface area contributed by atoms with E-state index >= 15 is 0 Å². The minimum Gasteiger partial charge on any atom is -0.287 e. The van der Waals surface area contributed by atoms with Crippen molar-refractivity contribution in [2.45, 2.75) is 26.7 Å². The molecule has 2 aromatic rings. The van der Waals surface area contributed by atoms with Crippen LogP contribution in [-0.2, 0) is 6.42 Å². The molecule has 1 aromatic carbocycles. The number of aliphatic imine (C=N–C) groups is 1. The Morgan fingerprint density at radius 2 is 1.95 bits per heavy atom. The molecule has 0 saturated carbocycles. The molecule has 0 bridgehead atoms. The average Bonchev–Trinajstić information content (AvgIpc) is 2.51. The van der Waals surface area contributed by atoms with Crippen LogP contribution in [0, 0.1) is 6.92 Å². The van der Waals surface area contributed by atoms with Crippen LogP contribution >= 0.6 is 0 Å². The summed E-state index contributed by atoms with van der Waals surface area (Å²) in [5.41, 5.74) is 6.43. The minimum atomic E-state index is 0.971. The number of nitrogens with zero attached hydrogens (tertiary/aromatic N) is 2. The third-order valence-corrected chi connectivity index (χ3v) is 3.56. The highest BCUT2D eigenvalue weighted by molar-refractivity contribution is 6.15. The van der Waals surface area contributed by atoms with Crippen molar-refractivity contribution in [3.8, 4) is 0 Å². The van der Waals surface area contributed by atoms with Gasteiger partial charge in [0.2, 0.25) is 0 Å². The predicted molar refractivity (Wildman–Crippen MR) is 91.1 cm³/mol. The molecule has 0 amide bonds. The SMILES string of the molecule is C=Cc1ccccc1/C(=N\C)c1ccc(CCC)nc1C. The van der Waals surface area contributed by atoms with Crippen molar-refractivity contribution in [1.29, 1.82) is 0 Å². The van der Waals surface area contributed by atoms with Crippen molar-refractivity contribution in [3.63, 3.8) is 0 Å². The fourth-order valence-electron chi connectivity index (χ4n) is 2.54. The van der Waals surface area contributed by atoms with Crippen LogP contribution in [0.15, 0.2) is 48.0 Å². The van der Waals surface area contributed by atoms with E-state index in [1.54, 1.807) is 0 Å². The zero-order chi connectivity index (χ0) is 15.2. The van der Waals surface area contributed by atoms with Crippen molar-refractivity contribution in [1.82, 2.24) is 4.98 Å². The van der Waals surface area contributed by atoms with Crippen molar-refractivity contribution in [3.05, 3.63) is 71.1 Å². The van der Waals surface area contributed by atoms with E-state index in [0.717, 1.165) is 46.6 Å². The molecular formula is C19H22N2. The van der Waals surface area contributed by atoms with Crippen LogP contribution < -0.4 is 0 Å². The van der Waals surface area contributed by atoms with Crippen molar-refractivity contribution in [2.24, 2.45) is 4.99 Å². The number of hydrogen-bond donors (Lipinski definition) is 0. The fraction of sp³-hybridized carbons (Fsp3) is 0.263. The maximum Gasteiger partial charge on any atom is 0.0739 e. The molecule has 1 heterocycles. The summed E-state index contributed by atoms with van der Waals surface area (Å²) >= 11 is 0. The molecule has 0 saturated heterocycles. The van der Waals surface area contributed by atoms with E-state index in [1.165, 1.54) is 0 Å². The Kier molecular flexibility index (Phi) is 5.04. The molecule has 0 aliphatic rings. The molecular weight excluding hydrogens is 256 g/mol. The van der Waals surface area contributed by atoms with Gasteiger partial charge in [-0.3, -0.25) is 9.98 Å². The number of aryl methyl sites for hydroxylation is 2. The molecule has 0 aliphatic carbocycles. The summed E-state index contributed by atoms with van der Waals surface area (Å²) in [5.74, 6) is 0. The number of pyridine rings is 1. The van der Waals surface area contributed by atoms with Gasteiger partial charge in [-0.25, -0.2) is 0 Å². The molecule has 2 heteroatoms. The van der Waals surface area contributed by atoms with Gasteiger partial charge in [-0.1, -0.05) is 50.3 Å². The van der Waals surface area contributed by atoms with Crippen LogP contribution in [0.25, 0.3) is 6.08 Å². The number of benzene rings is 1. The van der Waals surface area contributed by atoms with Gasteiger partial charge in [0.05, 0.1) is 5.71 Å². The van der Waals surface area contributed by atoms with Crippen molar-refractivity contribution >= 4 is 11.8 Å². The molecule has 0 spiro atoms. The predicted octanol–water partition coefficient (Wildman–Crippen LogP) is 4.45. The lowest BCUT2D eigenvalue weighted by Gasteiger charge is -2.12. The molecule has 2 rings (SSSR count). The first-order valence-electron chi connectivity index (χ1n) is 7.36. The van der Waals surface area contributed by atoms with E-state index in [1.807, 2.05) is 25.3 Å². The molecule has 0 radical (unpaired) electrons. The summed E-state index contributed by atoms with van der Waals surface area (Å²) < 4.78 is 0. The largest absolute Gasteiger partial charge is 0.287 e. The van der Waals surface area contributed by atoms with E-state index in [2.05, 4.69) is 49.7 Å². The van der Waals surface area contributed by atoms with Crippen molar-refractivity contribution < 1.29 is 0 Å². The second-order valence-corrected chi connectivity index (χ2v) is 5.05. The Balaban J connectivity index is 2.50. The Morgan fingerprint density at radius 3 is 2.57 bits per heavy atom. The molecule has 21 heavy (non-hydrogen) atoms. The standard InChI is InChI=1S/C19H22N2/c1-5-9-16-12-13-17(14(3)21-16)19(20-4)18-11-8-7-10-15(18)6-2/h6-8,10-13H,2,5,9H2,1,3-4H3/b20-19-. The van der Waals surface area contributed by atoms with Gasteiger partial charge in [0.15, 0.2) is 0 Å². The molecule has 0 aliphatic heterocycles. The summed E-state index contributed by atoms with van der Waals surface area (Å²) in [4.78, 5) is 9.21. The Labute approximate surface area is 127 Å². The first kappa shape index (κ1) is 15.2. The third-order valence-electron chi connectivity index (χ3n) is 3.56. The van der Waals surface area contributed by atoms with Gasteiger partial charge in [-0.15, -0.1) is 0 Å². The third kappa shape index (κ3) is 3.27. The highest BCUT2D eigenvalue weighted by Gasteiger charge is 2.12. The van der Waals surface area contributed by atoms with E-state index in [0.29, 0.717) is 0 Å². The minimum absolute atomic E-state index is 0.971. The molecule has 0 unspecified atom stereocenters. The average molecular weight is 278 g/mol. The van der Waals surface area contributed by atoms with Gasteiger partial charge in [0.25, 0.3) is 0 Å². The van der Waals surface area contributed by atoms with Gasteiger partial charge in [0, 0.05) is 29.6 Å². The van der Waals surface area contributed by atoms with Crippen LogP contribution in [-0.4, -0.2) is 17.7 Å². The Hall–Kier alpha value is -2.22. The first-order valence-corrected chi connectivity index (χ1v) is 7.36. The summed E-state index contributed by atoms with van der Waals surface area (Å²) in [6.45, 7) is 8.11. The van der Waals surface area contributed by atoms with E-state index in [9.17, 15) is 0 Å². The van der Waals surface area contributed by atoms with Crippen LogP contribution in [0.1, 0.15) is 41.4 Å². The topological polar surface area (TPSA) is 25.2 Å². The van der Waals surface area contributed by atoms with Gasteiger partial charge < -0.3 is 0 Å². The summed E-state index contributed by atoms with van der Waals surface area (Å²) in [7, 11) is 1.83. The second-order valence-electron chi connectivity index (χ2n) is 5.05. The van der Waals surface area contributed by atoms with Gasteiger partial charge >= 0.3 is 0 Å². The zero-order valence-corrected chi connectivity index (χ0v) is 13.1. The maximum atomic E-state index is 4.71. The quantitative estimate of drug-likeness (QED) is 0.742. The van der Waals surface area contributed by atoms with Crippen LogP contribution in [0.3, 0.4) is 0 Å². The lowest BCUT2D eigenvalue weighted by atomic mass is 9.96. The Morgan fingerprint density at radius 1 is 1.19 bits per heavy atom. The van der Waals surface area contributed by atoms with E-state index < -0.39 is 0 Å². The smallest absolute Gasteiger partial charge is 0.0739 e. The van der Waals surface area contributed by atoms with Gasteiger partial charge in [-0.05, 0) is 31.0 Å². The molecule has 2 nitrogen and oxygen atoms in total. The number of rotatable bonds is 5. The molecule has 1 aromatic heterocycles. The molecule has 108 valence electrons. The zero-order valence-electron chi connectivity index (χ0n) is 13.1. The van der Waals surface area contributed by atoms with Crippen LogP contribution in [0.4, 0.5) is 0 Å². The summed E-state index contributed by atoms with van der Waals surface area (Å²) in [6.07, 6.45) is 4.00. The van der Waals surface area contributed by atoms with E-state index in [-0.39, 0.29) is 0 Å². The van der Waals surface area contributed by atoms with Crippen molar-refractivity contribution in [2.75, 3.05) is 7.05 Å². The first-order chi connectivity index (χ1) is 10.2. The molecule has 0 fully saturated rings. The lowest BCUT2D eigenvalue weighted by molar-refractivity contribution is 0.873. The van der Waals surface area contributed by atoms with Crippen LogP contribution in [0.5, 0.6) is 0 Å². The number of aromatic nitrogens is 1. The highest BCUT2D eigenvalue weighted by atomic mass is 14.7. The maximum absolute atomic E-state index is 4.71. The van der Waals surface area contributed by atoms with Gasteiger partial charge in [-0.2, -0.15) is 0 Å². The lowest BCUT2D eigenvalue weighted by Crippen LogP contribution is -2.09. The second kappa shape index (κ2) is 6.98. The monoisotopic (exact) mass is 278 g/mol. The number of hydrogen-bond acceptors (Lipinski definition) is 2. The summed E-state index contributed by atoms with van der Waals surface area (Å²) in [6, 6.07) is 12.4. The Bertz CT molecular complexity index is 669. The van der Waals surface area contributed by atoms with Gasteiger partial charge in [0.1, 0.15) is 0 Å². The van der Waals surface area contributed by atoms with Crippen LogP contribution in [0.2, 0.25) is 0 Å². The fourth-order valence-corrected chi connectivity index (χ4v) is 2.54. The highest BCUT2D eigenvalue weighted by Crippen LogP contribution is 2.19. The normalized spacial score (nSPS) is 11.5.